The number of hydrogen-bond donors (Lipinski definition) is 1. The van der Waals surface area contributed by atoms with E-state index in [2.05, 4.69) is 26.2 Å². The van der Waals surface area contributed by atoms with Gasteiger partial charge in [-0.3, -0.25) is 4.79 Å². The molecule has 0 aliphatic heterocycles. The minimum atomic E-state index is -0.185. The van der Waals surface area contributed by atoms with E-state index in [1.54, 1.807) is 6.20 Å². The Labute approximate surface area is 158 Å². The van der Waals surface area contributed by atoms with Crippen molar-refractivity contribution >= 4 is 32.7 Å². The molecule has 1 N–H and O–H groups in total. The molecule has 0 unspecified atom stereocenters. The molecule has 1 amide bonds. The number of halogens is 1. The van der Waals surface area contributed by atoms with Gasteiger partial charge in [-0.1, -0.05) is 48.5 Å². The average molecular weight is 410 g/mol. The maximum atomic E-state index is 12.7. The number of para-hydroxylation sites is 1. The van der Waals surface area contributed by atoms with Crippen molar-refractivity contribution < 1.29 is 9.21 Å². The van der Waals surface area contributed by atoms with E-state index in [0.29, 0.717) is 17.3 Å². The van der Waals surface area contributed by atoms with Gasteiger partial charge in [0, 0.05) is 23.5 Å². The number of hydrogen-bond acceptors (Lipinski definition) is 3. The lowest BCUT2D eigenvalue weighted by Gasteiger charge is -2.05. The largest absolute Gasteiger partial charge is 0.439 e. The van der Waals surface area contributed by atoms with Gasteiger partial charge in [-0.2, -0.15) is 0 Å². The molecular formula is C20H16BrN3O2. The third-order valence-corrected chi connectivity index (χ3v) is 5.08. The Morgan fingerprint density at radius 3 is 2.65 bits per heavy atom. The highest BCUT2D eigenvalue weighted by Gasteiger charge is 2.19. The predicted molar refractivity (Wildman–Crippen MR) is 104 cm³/mol. The first-order chi connectivity index (χ1) is 12.6. The summed E-state index contributed by atoms with van der Waals surface area (Å²) in [5, 5.41) is 3.88. The van der Waals surface area contributed by atoms with E-state index >= 15 is 0 Å². The number of carbonyl (C=O) groups excluding carboxylic acids is 1. The average Bonchev–Trinajstić information content (AvgIpc) is 3.25. The van der Waals surface area contributed by atoms with Crippen LogP contribution in [-0.2, 0) is 13.6 Å². The Morgan fingerprint density at radius 2 is 1.88 bits per heavy atom. The summed E-state index contributed by atoms with van der Waals surface area (Å²) in [6.07, 6.45) is 1.67. The molecule has 5 nitrogen and oxygen atoms in total. The summed E-state index contributed by atoms with van der Waals surface area (Å²) in [7, 11) is 1.88. The standard InChI is InChI=1S/C20H16BrN3O2/c1-24-15-10-6-5-9-14(15)18(21)19(24)20(25)23-12-17-22-11-16(26-17)13-7-3-2-4-8-13/h2-11H,12H2,1H3,(H,23,25). The van der Waals surface area contributed by atoms with Crippen LogP contribution in [0.1, 0.15) is 16.4 Å². The van der Waals surface area contributed by atoms with Gasteiger partial charge in [-0.25, -0.2) is 4.98 Å². The summed E-state index contributed by atoms with van der Waals surface area (Å²) < 4.78 is 8.39. The molecule has 0 saturated heterocycles. The van der Waals surface area contributed by atoms with E-state index in [1.807, 2.05) is 66.2 Å². The van der Waals surface area contributed by atoms with Gasteiger partial charge < -0.3 is 14.3 Å². The molecule has 0 bridgehead atoms. The van der Waals surface area contributed by atoms with Gasteiger partial charge in [0.1, 0.15) is 5.69 Å². The molecule has 2 aromatic carbocycles. The molecular weight excluding hydrogens is 394 g/mol. The van der Waals surface area contributed by atoms with Crippen LogP contribution in [0.25, 0.3) is 22.2 Å². The van der Waals surface area contributed by atoms with Crippen LogP contribution in [0.3, 0.4) is 0 Å². The monoisotopic (exact) mass is 409 g/mol. The molecule has 0 aliphatic rings. The fourth-order valence-corrected chi connectivity index (χ4v) is 3.75. The highest BCUT2D eigenvalue weighted by atomic mass is 79.9. The number of rotatable bonds is 4. The molecule has 2 aromatic heterocycles. The van der Waals surface area contributed by atoms with Crippen LogP contribution in [0.5, 0.6) is 0 Å². The highest BCUT2D eigenvalue weighted by molar-refractivity contribution is 9.10. The van der Waals surface area contributed by atoms with Crippen LogP contribution >= 0.6 is 15.9 Å². The van der Waals surface area contributed by atoms with Crippen LogP contribution in [0.2, 0.25) is 0 Å². The van der Waals surface area contributed by atoms with E-state index in [-0.39, 0.29) is 12.5 Å². The number of aryl methyl sites for hydroxylation is 1. The van der Waals surface area contributed by atoms with Gasteiger partial charge in [0.25, 0.3) is 5.91 Å². The zero-order chi connectivity index (χ0) is 18.1. The molecule has 6 heteroatoms. The van der Waals surface area contributed by atoms with Crippen LogP contribution in [0, 0.1) is 0 Å². The van der Waals surface area contributed by atoms with Gasteiger partial charge in [-0.05, 0) is 22.0 Å². The fraction of sp³-hybridized carbons (Fsp3) is 0.100. The van der Waals surface area contributed by atoms with Crippen molar-refractivity contribution in [2.75, 3.05) is 0 Å². The van der Waals surface area contributed by atoms with E-state index in [1.165, 1.54) is 0 Å². The highest BCUT2D eigenvalue weighted by Crippen LogP contribution is 2.30. The normalized spacial score (nSPS) is 11.0. The zero-order valence-corrected chi connectivity index (χ0v) is 15.7. The molecule has 0 aliphatic carbocycles. The SMILES string of the molecule is Cn1c(C(=O)NCc2ncc(-c3ccccc3)o2)c(Br)c2ccccc21. The second-order valence-corrected chi connectivity index (χ2v) is 6.70. The summed E-state index contributed by atoms with van der Waals surface area (Å²) in [6.45, 7) is 0.222. The number of nitrogens with one attached hydrogen (secondary N) is 1. The summed E-state index contributed by atoms with van der Waals surface area (Å²) >= 11 is 3.54. The van der Waals surface area contributed by atoms with Gasteiger partial charge in [-0.15, -0.1) is 0 Å². The van der Waals surface area contributed by atoms with Gasteiger partial charge >= 0.3 is 0 Å². The number of benzene rings is 2. The first-order valence-electron chi connectivity index (χ1n) is 8.16. The van der Waals surface area contributed by atoms with Crippen molar-refractivity contribution in [3.8, 4) is 11.3 Å². The lowest BCUT2D eigenvalue weighted by atomic mass is 10.2. The molecule has 26 heavy (non-hydrogen) atoms. The molecule has 4 aromatic rings. The number of amides is 1. The molecule has 0 saturated carbocycles. The van der Waals surface area contributed by atoms with E-state index in [9.17, 15) is 4.79 Å². The van der Waals surface area contributed by atoms with Gasteiger partial charge in [0.2, 0.25) is 5.89 Å². The minimum Gasteiger partial charge on any atom is -0.439 e. The van der Waals surface area contributed by atoms with E-state index < -0.39 is 0 Å². The molecule has 0 fully saturated rings. The van der Waals surface area contributed by atoms with Crippen LogP contribution in [0.4, 0.5) is 0 Å². The number of fused-ring (bicyclic) bond motifs is 1. The Bertz CT molecular complexity index is 1040. The smallest absolute Gasteiger partial charge is 0.269 e. The van der Waals surface area contributed by atoms with E-state index in [4.69, 9.17) is 4.42 Å². The molecule has 2 heterocycles. The van der Waals surface area contributed by atoms with Crippen molar-refractivity contribution in [2.45, 2.75) is 6.54 Å². The van der Waals surface area contributed by atoms with Gasteiger partial charge in [0.05, 0.1) is 17.2 Å². The maximum absolute atomic E-state index is 12.7. The van der Waals surface area contributed by atoms with Crippen molar-refractivity contribution in [1.82, 2.24) is 14.9 Å². The summed E-state index contributed by atoms with van der Waals surface area (Å²) in [6, 6.07) is 17.6. The minimum absolute atomic E-state index is 0.185. The topological polar surface area (TPSA) is 60.1 Å². The van der Waals surface area contributed by atoms with Crippen LogP contribution < -0.4 is 5.32 Å². The third-order valence-electron chi connectivity index (χ3n) is 4.27. The van der Waals surface area contributed by atoms with Crippen molar-refractivity contribution in [3.05, 3.63) is 76.9 Å². The lowest BCUT2D eigenvalue weighted by molar-refractivity contribution is 0.0939. The quantitative estimate of drug-likeness (QED) is 0.538. The van der Waals surface area contributed by atoms with E-state index in [0.717, 1.165) is 20.9 Å². The summed E-state index contributed by atoms with van der Waals surface area (Å²) in [5.41, 5.74) is 2.52. The zero-order valence-electron chi connectivity index (χ0n) is 14.1. The first kappa shape index (κ1) is 16.6. The van der Waals surface area contributed by atoms with Crippen molar-refractivity contribution in [2.24, 2.45) is 7.05 Å². The Kier molecular flexibility index (Phi) is 4.34. The van der Waals surface area contributed by atoms with Crippen molar-refractivity contribution in [1.29, 1.82) is 0 Å². The number of aromatic nitrogens is 2. The maximum Gasteiger partial charge on any atom is 0.269 e. The molecule has 0 atom stereocenters. The second kappa shape index (κ2) is 6.80. The van der Waals surface area contributed by atoms with Gasteiger partial charge in [0.15, 0.2) is 5.76 Å². The number of carbonyl (C=O) groups is 1. The lowest BCUT2D eigenvalue weighted by Crippen LogP contribution is -2.25. The molecule has 0 spiro atoms. The van der Waals surface area contributed by atoms with Crippen molar-refractivity contribution in [3.63, 3.8) is 0 Å². The summed E-state index contributed by atoms with van der Waals surface area (Å²) in [5.74, 6) is 0.961. The van der Waals surface area contributed by atoms with Crippen LogP contribution in [-0.4, -0.2) is 15.5 Å². The first-order valence-corrected chi connectivity index (χ1v) is 8.95. The Morgan fingerprint density at radius 1 is 1.15 bits per heavy atom. The molecule has 130 valence electrons. The summed E-state index contributed by atoms with van der Waals surface area (Å²) in [4.78, 5) is 16.9. The third kappa shape index (κ3) is 2.93. The second-order valence-electron chi connectivity index (χ2n) is 5.91. The Balaban J connectivity index is 1.52. The van der Waals surface area contributed by atoms with Crippen LogP contribution in [0.15, 0.2) is 69.7 Å². The Hall–Kier alpha value is -2.86. The molecule has 4 rings (SSSR count). The molecule has 0 radical (unpaired) electrons. The predicted octanol–water partition coefficient (Wildman–Crippen LogP) is 4.53. The number of nitrogens with zero attached hydrogens (tertiary/aromatic N) is 2. The number of oxazole rings is 1. The fourth-order valence-electron chi connectivity index (χ4n) is 2.97.